The Labute approximate surface area is 155 Å². The number of thioether (sulfide) groups is 1. The maximum Gasteiger partial charge on any atom is 0.233 e. The molecule has 0 radical (unpaired) electrons. The highest BCUT2D eigenvalue weighted by molar-refractivity contribution is 8.15. The van der Waals surface area contributed by atoms with Gasteiger partial charge >= 0.3 is 0 Å². The summed E-state index contributed by atoms with van der Waals surface area (Å²) < 4.78 is 10.7. The third-order valence-electron chi connectivity index (χ3n) is 3.93. The Hall–Kier alpha value is -2.55. The molecular formula is C17H20N4O4S. The van der Waals surface area contributed by atoms with Crippen LogP contribution in [0.5, 0.6) is 11.5 Å². The summed E-state index contributed by atoms with van der Waals surface area (Å²) >= 11 is 1.21. The van der Waals surface area contributed by atoms with Gasteiger partial charge in [0.15, 0.2) is 16.7 Å². The second-order valence-corrected chi connectivity index (χ2v) is 7.09. The van der Waals surface area contributed by atoms with Gasteiger partial charge in [0.1, 0.15) is 0 Å². The Kier molecular flexibility index (Phi) is 5.77. The predicted octanol–water partition coefficient (Wildman–Crippen LogP) is 1.45. The Balaban J connectivity index is 1.57. The molecule has 3 rings (SSSR count). The van der Waals surface area contributed by atoms with Crippen molar-refractivity contribution >= 4 is 34.5 Å². The third-order valence-corrected chi connectivity index (χ3v) is 5.01. The van der Waals surface area contributed by atoms with Crippen molar-refractivity contribution in [1.82, 2.24) is 10.6 Å². The summed E-state index contributed by atoms with van der Waals surface area (Å²) in [6.07, 6.45) is 1.64. The molecule has 2 heterocycles. The lowest BCUT2D eigenvalue weighted by Gasteiger charge is -2.20. The Morgan fingerprint density at radius 3 is 3.00 bits per heavy atom. The number of aryl methyl sites for hydroxylation is 1. The van der Waals surface area contributed by atoms with Crippen molar-refractivity contribution in [1.29, 1.82) is 0 Å². The first-order valence-electron chi connectivity index (χ1n) is 8.23. The molecule has 2 amide bonds. The quantitative estimate of drug-likeness (QED) is 0.598. The average molecular weight is 376 g/mol. The fourth-order valence-electron chi connectivity index (χ4n) is 2.50. The SMILES string of the molecule is CNC(=O)C1CC(=O)N/C(=N\N=C(/C)CCc2ccc3c(c2)OCO3)S1. The first kappa shape index (κ1) is 18.2. The van der Waals surface area contributed by atoms with Crippen molar-refractivity contribution in [3.05, 3.63) is 23.8 Å². The summed E-state index contributed by atoms with van der Waals surface area (Å²) in [7, 11) is 1.55. The summed E-state index contributed by atoms with van der Waals surface area (Å²) in [5.74, 6) is 1.10. The van der Waals surface area contributed by atoms with Crippen LogP contribution in [0.3, 0.4) is 0 Å². The van der Waals surface area contributed by atoms with Gasteiger partial charge in [0, 0.05) is 19.2 Å². The number of benzene rings is 1. The molecule has 1 unspecified atom stereocenters. The molecule has 2 aliphatic heterocycles. The van der Waals surface area contributed by atoms with Crippen LogP contribution in [0.25, 0.3) is 0 Å². The number of hydrogen-bond acceptors (Lipinski definition) is 7. The van der Waals surface area contributed by atoms with Crippen LogP contribution >= 0.6 is 11.8 Å². The molecule has 1 aromatic rings. The minimum Gasteiger partial charge on any atom is -0.454 e. The van der Waals surface area contributed by atoms with E-state index in [1.165, 1.54) is 11.8 Å². The molecule has 1 saturated heterocycles. The van der Waals surface area contributed by atoms with Crippen molar-refractivity contribution in [3.8, 4) is 11.5 Å². The van der Waals surface area contributed by atoms with Crippen molar-refractivity contribution in [2.24, 2.45) is 10.2 Å². The normalized spacial score (nSPS) is 20.8. The number of amides is 2. The smallest absolute Gasteiger partial charge is 0.233 e. The van der Waals surface area contributed by atoms with E-state index >= 15 is 0 Å². The third kappa shape index (κ3) is 4.54. The van der Waals surface area contributed by atoms with Crippen LogP contribution in [0, 0.1) is 0 Å². The van der Waals surface area contributed by atoms with Gasteiger partial charge in [-0.05, 0) is 37.5 Å². The minimum atomic E-state index is -0.475. The summed E-state index contributed by atoms with van der Waals surface area (Å²) in [6, 6.07) is 5.86. The zero-order valence-corrected chi connectivity index (χ0v) is 15.4. The fraction of sp³-hybridized carbons (Fsp3) is 0.412. The fourth-order valence-corrected chi connectivity index (χ4v) is 3.49. The summed E-state index contributed by atoms with van der Waals surface area (Å²) in [5.41, 5.74) is 1.95. The van der Waals surface area contributed by atoms with E-state index in [-0.39, 0.29) is 25.0 Å². The Bertz CT molecular complexity index is 778. The van der Waals surface area contributed by atoms with E-state index in [2.05, 4.69) is 20.8 Å². The number of nitrogens with zero attached hydrogens (tertiary/aromatic N) is 2. The minimum absolute atomic E-state index is 0.135. The molecular weight excluding hydrogens is 356 g/mol. The van der Waals surface area contributed by atoms with Crippen molar-refractivity contribution in [2.75, 3.05) is 13.8 Å². The number of rotatable bonds is 5. The lowest BCUT2D eigenvalue weighted by molar-refractivity contribution is -0.125. The molecule has 1 aromatic carbocycles. The topological polar surface area (TPSA) is 101 Å². The molecule has 1 atom stereocenters. The molecule has 0 saturated carbocycles. The molecule has 9 heteroatoms. The standard InChI is InChI=1S/C17H20N4O4S/c1-10(3-4-11-5-6-12-13(7-11)25-9-24-12)20-21-17-19-15(22)8-14(26-17)16(23)18-2/h5-7,14H,3-4,8-9H2,1-2H3,(H,18,23)(H,19,21,22)/b20-10+. The number of nitrogens with one attached hydrogen (secondary N) is 2. The maximum absolute atomic E-state index is 11.7. The summed E-state index contributed by atoms with van der Waals surface area (Å²) in [4.78, 5) is 23.4. The van der Waals surface area contributed by atoms with Gasteiger partial charge in [0.05, 0.1) is 5.25 Å². The molecule has 0 spiro atoms. The lowest BCUT2D eigenvalue weighted by atomic mass is 10.1. The van der Waals surface area contributed by atoms with Crippen molar-refractivity contribution in [2.45, 2.75) is 31.4 Å². The van der Waals surface area contributed by atoms with E-state index in [9.17, 15) is 9.59 Å². The van der Waals surface area contributed by atoms with E-state index in [0.717, 1.165) is 29.2 Å². The van der Waals surface area contributed by atoms with E-state index < -0.39 is 5.25 Å². The molecule has 26 heavy (non-hydrogen) atoms. The highest BCUT2D eigenvalue weighted by Crippen LogP contribution is 2.32. The number of amidine groups is 1. The highest BCUT2D eigenvalue weighted by Gasteiger charge is 2.29. The molecule has 8 nitrogen and oxygen atoms in total. The van der Waals surface area contributed by atoms with E-state index in [0.29, 0.717) is 11.6 Å². The van der Waals surface area contributed by atoms with Gasteiger partial charge in [-0.1, -0.05) is 17.8 Å². The van der Waals surface area contributed by atoms with E-state index in [1.54, 1.807) is 7.05 Å². The lowest BCUT2D eigenvalue weighted by Crippen LogP contribution is -2.43. The first-order valence-corrected chi connectivity index (χ1v) is 9.11. The van der Waals surface area contributed by atoms with Gasteiger partial charge in [-0.2, -0.15) is 5.10 Å². The number of hydrogen-bond donors (Lipinski definition) is 2. The van der Waals surface area contributed by atoms with Gasteiger partial charge in [-0.25, -0.2) is 0 Å². The molecule has 138 valence electrons. The van der Waals surface area contributed by atoms with Crippen molar-refractivity contribution in [3.63, 3.8) is 0 Å². The monoisotopic (exact) mass is 376 g/mol. The average Bonchev–Trinajstić information content (AvgIpc) is 3.11. The zero-order valence-electron chi connectivity index (χ0n) is 14.6. The number of fused-ring (bicyclic) bond motifs is 1. The molecule has 0 aliphatic carbocycles. The van der Waals surface area contributed by atoms with Crippen molar-refractivity contribution < 1.29 is 19.1 Å². The molecule has 0 aromatic heterocycles. The summed E-state index contributed by atoms with van der Waals surface area (Å²) in [5, 5.41) is 13.3. The Morgan fingerprint density at radius 2 is 2.19 bits per heavy atom. The van der Waals surface area contributed by atoms with E-state index in [1.807, 2.05) is 25.1 Å². The second-order valence-electron chi connectivity index (χ2n) is 5.90. The summed E-state index contributed by atoms with van der Waals surface area (Å²) in [6.45, 7) is 2.14. The number of ether oxygens (including phenoxy) is 2. The molecule has 1 fully saturated rings. The van der Waals surface area contributed by atoms with Crippen LogP contribution in [0.4, 0.5) is 0 Å². The van der Waals surface area contributed by atoms with Crippen LogP contribution in [0.15, 0.2) is 28.4 Å². The largest absolute Gasteiger partial charge is 0.454 e. The number of carbonyl (C=O) groups is 2. The van der Waals surface area contributed by atoms with Crippen LogP contribution in [-0.4, -0.2) is 41.8 Å². The van der Waals surface area contributed by atoms with Gasteiger partial charge in [0.25, 0.3) is 0 Å². The van der Waals surface area contributed by atoms with Gasteiger partial charge in [-0.15, -0.1) is 5.10 Å². The van der Waals surface area contributed by atoms with Gasteiger partial charge in [0.2, 0.25) is 18.6 Å². The molecule has 2 N–H and O–H groups in total. The maximum atomic E-state index is 11.7. The van der Waals surface area contributed by atoms with Crippen LogP contribution in [0.2, 0.25) is 0 Å². The van der Waals surface area contributed by atoms with Crippen LogP contribution < -0.4 is 20.1 Å². The molecule has 2 aliphatic rings. The van der Waals surface area contributed by atoms with Gasteiger partial charge < -0.3 is 20.1 Å². The molecule has 0 bridgehead atoms. The Morgan fingerprint density at radius 1 is 1.38 bits per heavy atom. The predicted molar refractivity (Wildman–Crippen MR) is 99.6 cm³/mol. The number of carbonyl (C=O) groups excluding carboxylic acids is 2. The van der Waals surface area contributed by atoms with Gasteiger partial charge in [-0.3, -0.25) is 9.59 Å². The van der Waals surface area contributed by atoms with E-state index in [4.69, 9.17) is 9.47 Å². The second kappa shape index (κ2) is 8.22. The first-order chi connectivity index (χ1) is 12.5. The van der Waals surface area contributed by atoms with Crippen LogP contribution in [-0.2, 0) is 16.0 Å². The highest BCUT2D eigenvalue weighted by atomic mass is 32.2. The zero-order chi connectivity index (χ0) is 18.5. The van der Waals surface area contributed by atoms with Crippen LogP contribution in [0.1, 0.15) is 25.3 Å².